The molecule has 0 radical (unpaired) electrons. The van der Waals surface area contributed by atoms with Gasteiger partial charge in [0.15, 0.2) is 0 Å². The Morgan fingerprint density at radius 1 is 1.44 bits per heavy atom. The van der Waals surface area contributed by atoms with Gasteiger partial charge in [0.25, 0.3) is 0 Å². The summed E-state index contributed by atoms with van der Waals surface area (Å²) in [5.41, 5.74) is 3.09. The van der Waals surface area contributed by atoms with E-state index in [9.17, 15) is 0 Å². The van der Waals surface area contributed by atoms with Gasteiger partial charge in [0.2, 0.25) is 0 Å². The Morgan fingerprint density at radius 3 is 2.94 bits per heavy atom. The molecule has 0 N–H and O–H groups in total. The Labute approximate surface area is 108 Å². The molecule has 3 nitrogen and oxygen atoms in total. The molecule has 0 aliphatic heterocycles. The molecule has 1 aromatic carbocycles. The average molecular weight is 301 g/mol. The Bertz CT molecular complexity index is 496. The first-order valence-corrected chi connectivity index (χ1v) is 6.27. The number of nitrogens with zero attached hydrogens (tertiary/aromatic N) is 3. The molecule has 2 aromatic rings. The van der Waals surface area contributed by atoms with E-state index >= 15 is 0 Å². The van der Waals surface area contributed by atoms with Gasteiger partial charge in [-0.3, -0.25) is 0 Å². The van der Waals surface area contributed by atoms with Crippen molar-refractivity contribution in [1.82, 2.24) is 15.0 Å². The number of alkyl halides is 1. The van der Waals surface area contributed by atoms with Crippen LogP contribution in [0.3, 0.4) is 0 Å². The molecule has 0 bridgehead atoms. The van der Waals surface area contributed by atoms with E-state index in [1.54, 1.807) is 4.68 Å². The zero-order valence-electron chi connectivity index (χ0n) is 8.82. The summed E-state index contributed by atoms with van der Waals surface area (Å²) in [7, 11) is 0. The van der Waals surface area contributed by atoms with Crippen LogP contribution in [0.25, 0.3) is 5.69 Å². The van der Waals surface area contributed by atoms with Gasteiger partial charge in [-0.25, -0.2) is 4.68 Å². The quantitative estimate of drug-likeness (QED) is 0.815. The largest absolute Gasteiger partial charge is 0.220 e. The van der Waals surface area contributed by atoms with Crippen LogP contribution in [-0.2, 0) is 6.42 Å². The summed E-state index contributed by atoms with van der Waals surface area (Å²) in [6.07, 6.45) is 2.65. The fraction of sp³-hybridized carbons (Fsp3) is 0.273. The molecular weight excluding hydrogens is 289 g/mol. The van der Waals surface area contributed by atoms with Crippen LogP contribution in [0, 0.1) is 6.92 Å². The predicted octanol–water partition coefficient (Wildman–Crippen LogP) is 3.12. The summed E-state index contributed by atoms with van der Waals surface area (Å²) in [5.74, 6) is 0.568. The molecule has 1 aromatic heterocycles. The molecule has 0 aliphatic carbocycles. The smallest absolute Gasteiger partial charge is 0.0843 e. The molecule has 0 saturated carbocycles. The Hall–Kier alpha value is -0.870. The Morgan fingerprint density at radius 2 is 2.25 bits per heavy atom. The second-order valence-electron chi connectivity index (χ2n) is 3.53. The van der Waals surface area contributed by atoms with Gasteiger partial charge in [-0.2, -0.15) is 0 Å². The normalized spacial score (nSPS) is 10.7. The second-order valence-corrected chi connectivity index (χ2v) is 4.76. The molecule has 0 spiro atoms. The summed E-state index contributed by atoms with van der Waals surface area (Å²) >= 11 is 9.12. The van der Waals surface area contributed by atoms with Crippen LogP contribution >= 0.6 is 27.5 Å². The molecule has 84 valence electrons. The van der Waals surface area contributed by atoms with Gasteiger partial charge in [-0.05, 0) is 30.7 Å². The van der Waals surface area contributed by atoms with E-state index in [4.69, 9.17) is 11.6 Å². The van der Waals surface area contributed by atoms with E-state index in [1.165, 1.54) is 5.56 Å². The van der Waals surface area contributed by atoms with Crippen LogP contribution in [-0.4, -0.2) is 20.9 Å². The standard InChI is InChI=1S/C11H11BrClN3/c1-8-6-10(2-3-11(8)12)16-7-9(4-5-13)14-15-16/h2-3,6-7H,4-5H2,1H3. The molecule has 1 heterocycles. The molecule has 0 fully saturated rings. The molecule has 16 heavy (non-hydrogen) atoms. The fourth-order valence-electron chi connectivity index (χ4n) is 1.41. The SMILES string of the molecule is Cc1cc(-n2cc(CCCl)nn2)ccc1Br. The van der Waals surface area contributed by atoms with E-state index in [2.05, 4.69) is 32.3 Å². The molecule has 5 heteroatoms. The van der Waals surface area contributed by atoms with Crippen LogP contribution in [0.15, 0.2) is 28.9 Å². The van der Waals surface area contributed by atoms with Gasteiger partial charge >= 0.3 is 0 Å². The first-order chi connectivity index (χ1) is 7.70. The lowest BCUT2D eigenvalue weighted by Crippen LogP contribution is -1.95. The van der Waals surface area contributed by atoms with E-state index in [-0.39, 0.29) is 0 Å². The minimum atomic E-state index is 0.568. The van der Waals surface area contributed by atoms with E-state index in [0.717, 1.165) is 22.3 Å². The predicted molar refractivity (Wildman–Crippen MR) is 68.2 cm³/mol. The highest BCUT2D eigenvalue weighted by atomic mass is 79.9. The van der Waals surface area contributed by atoms with Gasteiger partial charge in [0.05, 0.1) is 17.6 Å². The number of hydrogen-bond acceptors (Lipinski definition) is 2. The highest BCUT2D eigenvalue weighted by Gasteiger charge is 2.03. The molecule has 0 saturated heterocycles. The first kappa shape index (κ1) is 11.6. The minimum Gasteiger partial charge on any atom is -0.220 e. The summed E-state index contributed by atoms with van der Waals surface area (Å²) in [5, 5.41) is 8.12. The van der Waals surface area contributed by atoms with E-state index in [1.807, 2.05) is 25.3 Å². The topological polar surface area (TPSA) is 30.7 Å². The van der Waals surface area contributed by atoms with Crippen LogP contribution < -0.4 is 0 Å². The molecular formula is C11H11BrClN3. The van der Waals surface area contributed by atoms with E-state index < -0.39 is 0 Å². The molecule has 0 atom stereocenters. The first-order valence-electron chi connectivity index (χ1n) is 4.94. The summed E-state index contributed by atoms with van der Waals surface area (Å²) in [6.45, 7) is 2.05. The maximum Gasteiger partial charge on any atom is 0.0843 e. The lowest BCUT2D eigenvalue weighted by Gasteiger charge is -2.02. The van der Waals surface area contributed by atoms with Crippen molar-refractivity contribution in [3.05, 3.63) is 40.1 Å². The van der Waals surface area contributed by atoms with Crippen molar-refractivity contribution in [1.29, 1.82) is 0 Å². The van der Waals surface area contributed by atoms with Crippen molar-refractivity contribution in [3.8, 4) is 5.69 Å². The maximum atomic E-state index is 5.65. The van der Waals surface area contributed by atoms with Crippen molar-refractivity contribution in [2.75, 3.05) is 5.88 Å². The third-order valence-electron chi connectivity index (χ3n) is 2.30. The van der Waals surface area contributed by atoms with Crippen molar-refractivity contribution < 1.29 is 0 Å². The van der Waals surface area contributed by atoms with Crippen molar-refractivity contribution >= 4 is 27.5 Å². The third kappa shape index (κ3) is 2.44. The van der Waals surface area contributed by atoms with E-state index in [0.29, 0.717) is 5.88 Å². The molecule has 2 rings (SSSR count). The van der Waals surface area contributed by atoms with Gasteiger partial charge < -0.3 is 0 Å². The fourth-order valence-corrected chi connectivity index (χ4v) is 1.85. The van der Waals surface area contributed by atoms with Gasteiger partial charge in [-0.1, -0.05) is 21.1 Å². The number of aromatic nitrogens is 3. The van der Waals surface area contributed by atoms with Crippen LogP contribution in [0.2, 0.25) is 0 Å². The highest BCUT2D eigenvalue weighted by molar-refractivity contribution is 9.10. The number of hydrogen-bond donors (Lipinski definition) is 0. The van der Waals surface area contributed by atoms with Crippen molar-refractivity contribution in [2.24, 2.45) is 0 Å². The summed E-state index contributed by atoms with van der Waals surface area (Å²) in [6, 6.07) is 6.06. The average Bonchev–Trinajstić information content (AvgIpc) is 2.71. The summed E-state index contributed by atoms with van der Waals surface area (Å²) in [4.78, 5) is 0. The Kier molecular flexibility index (Phi) is 3.61. The zero-order chi connectivity index (χ0) is 11.5. The van der Waals surface area contributed by atoms with Gasteiger partial charge in [0, 0.05) is 16.8 Å². The molecule has 0 aliphatic rings. The number of rotatable bonds is 3. The number of benzene rings is 1. The second kappa shape index (κ2) is 4.97. The lowest BCUT2D eigenvalue weighted by atomic mass is 10.2. The molecule has 0 amide bonds. The third-order valence-corrected chi connectivity index (χ3v) is 3.38. The summed E-state index contributed by atoms with van der Waals surface area (Å²) < 4.78 is 2.86. The maximum absolute atomic E-state index is 5.65. The minimum absolute atomic E-state index is 0.568. The van der Waals surface area contributed by atoms with Crippen LogP contribution in [0.5, 0.6) is 0 Å². The monoisotopic (exact) mass is 299 g/mol. The Balaban J connectivity index is 2.31. The number of aryl methyl sites for hydroxylation is 2. The van der Waals surface area contributed by atoms with Crippen LogP contribution in [0.4, 0.5) is 0 Å². The van der Waals surface area contributed by atoms with Gasteiger partial charge in [0.1, 0.15) is 0 Å². The number of halogens is 2. The van der Waals surface area contributed by atoms with Gasteiger partial charge in [-0.15, -0.1) is 16.7 Å². The van der Waals surface area contributed by atoms with Crippen molar-refractivity contribution in [2.45, 2.75) is 13.3 Å². The zero-order valence-corrected chi connectivity index (χ0v) is 11.2. The lowest BCUT2D eigenvalue weighted by molar-refractivity contribution is 0.797. The highest BCUT2D eigenvalue weighted by Crippen LogP contribution is 2.19. The molecule has 0 unspecified atom stereocenters. The van der Waals surface area contributed by atoms with Crippen LogP contribution in [0.1, 0.15) is 11.3 Å². The van der Waals surface area contributed by atoms with Crippen molar-refractivity contribution in [3.63, 3.8) is 0 Å².